The van der Waals surface area contributed by atoms with Crippen molar-refractivity contribution in [3.05, 3.63) is 24.2 Å². The normalized spacial score (nSPS) is 11.9. The zero-order chi connectivity index (χ0) is 13.8. The van der Waals surface area contributed by atoms with E-state index in [9.17, 15) is 0 Å². The maximum Gasteiger partial charge on any atom is 0.160 e. The number of pyridine rings is 1. The van der Waals surface area contributed by atoms with Gasteiger partial charge in [0, 0.05) is 18.8 Å². The van der Waals surface area contributed by atoms with Gasteiger partial charge in [0.2, 0.25) is 0 Å². The Morgan fingerprint density at radius 3 is 2.89 bits per heavy atom. The van der Waals surface area contributed by atoms with E-state index in [1.54, 1.807) is 6.20 Å². The molecule has 2 aromatic rings. The summed E-state index contributed by atoms with van der Waals surface area (Å²) in [5.41, 5.74) is 1.86. The first-order valence-electron chi connectivity index (χ1n) is 6.69. The van der Waals surface area contributed by atoms with Gasteiger partial charge in [-0.2, -0.15) is 0 Å². The molecule has 0 aliphatic heterocycles. The first-order chi connectivity index (χ1) is 9.13. The molecule has 0 bridgehead atoms. The van der Waals surface area contributed by atoms with Crippen LogP contribution in [0.2, 0.25) is 0 Å². The van der Waals surface area contributed by atoms with Gasteiger partial charge in [-0.1, -0.05) is 0 Å². The molecule has 0 unspecified atom stereocenters. The Balaban J connectivity index is 2.11. The number of alkyl halides is 1. The number of nitrogens with zero attached hydrogens (tertiary/aromatic N) is 4. The standard InChI is InChI=1S/C14H21ClN4/c1-11(2)18(3)8-5-9-19-13(10-15)17-12-6-4-7-16-14(12)19/h4,6-7,11H,5,8-10H2,1-3H3. The van der Waals surface area contributed by atoms with Gasteiger partial charge in [0.15, 0.2) is 5.65 Å². The zero-order valence-corrected chi connectivity index (χ0v) is 12.6. The van der Waals surface area contributed by atoms with Crippen molar-refractivity contribution in [1.82, 2.24) is 19.4 Å². The molecule has 0 atom stereocenters. The molecule has 0 aliphatic rings. The minimum atomic E-state index is 0.427. The van der Waals surface area contributed by atoms with E-state index in [4.69, 9.17) is 11.6 Å². The summed E-state index contributed by atoms with van der Waals surface area (Å²) in [6, 6.07) is 4.46. The maximum atomic E-state index is 5.97. The van der Waals surface area contributed by atoms with Crippen LogP contribution in [-0.2, 0) is 12.4 Å². The number of aromatic nitrogens is 3. The lowest BCUT2D eigenvalue weighted by Gasteiger charge is -2.21. The fraction of sp³-hybridized carbons (Fsp3) is 0.571. The molecule has 0 N–H and O–H groups in total. The molecule has 5 heteroatoms. The topological polar surface area (TPSA) is 34.0 Å². The molecule has 2 aromatic heterocycles. The number of imidazole rings is 1. The third kappa shape index (κ3) is 3.25. The Kier molecular flexibility index (Phi) is 4.77. The van der Waals surface area contributed by atoms with Crippen molar-refractivity contribution in [3.8, 4) is 0 Å². The second-order valence-electron chi connectivity index (χ2n) is 5.09. The van der Waals surface area contributed by atoms with Crippen LogP contribution < -0.4 is 0 Å². The lowest BCUT2D eigenvalue weighted by atomic mass is 10.3. The molecule has 0 radical (unpaired) electrons. The minimum absolute atomic E-state index is 0.427. The Labute approximate surface area is 119 Å². The van der Waals surface area contributed by atoms with Crippen molar-refractivity contribution < 1.29 is 0 Å². The van der Waals surface area contributed by atoms with E-state index in [1.165, 1.54) is 0 Å². The number of aryl methyl sites for hydroxylation is 1. The summed E-state index contributed by atoms with van der Waals surface area (Å²) in [6.07, 6.45) is 2.87. The van der Waals surface area contributed by atoms with Crippen molar-refractivity contribution in [2.75, 3.05) is 13.6 Å². The first-order valence-corrected chi connectivity index (χ1v) is 7.23. The van der Waals surface area contributed by atoms with E-state index >= 15 is 0 Å². The number of halogens is 1. The van der Waals surface area contributed by atoms with Gasteiger partial charge in [-0.15, -0.1) is 11.6 Å². The van der Waals surface area contributed by atoms with Crippen molar-refractivity contribution in [1.29, 1.82) is 0 Å². The van der Waals surface area contributed by atoms with Crippen LogP contribution in [0.5, 0.6) is 0 Å². The molecule has 104 valence electrons. The van der Waals surface area contributed by atoms with Crippen LogP contribution in [0.4, 0.5) is 0 Å². The van der Waals surface area contributed by atoms with Crippen LogP contribution >= 0.6 is 11.6 Å². The third-order valence-corrected chi connectivity index (χ3v) is 3.72. The summed E-state index contributed by atoms with van der Waals surface area (Å²) in [4.78, 5) is 11.3. The highest BCUT2D eigenvalue weighted by Crippen LogP contribution is 2.15. The molecule has 0 spiro atoms. The number of fused-ring (bicyclic) bond motifs is 1. The second kappa shape index (κ2) is 6.35. The van der Waals surface area contributed by atoms with Crippen molar-refractivity contribution >= 4 is 22.8 Å². The third-order valence-electron chi connectivity index (χ3n) is 3.48. The summed E-state index contributed by atoms with van der Waals surface area (Å²) < 4.78 is 2.14. The van der Waals surface area contributed by atoms with E-state index < -0.39 is 0 Å². The van der Waals surface area contributed by atoms with Gasteiger partial charge in [0.05, 0.1) is 5.88 Å². The molecule has 0 saturated heterocycles. The highest BCUT2D eigenvalue weighted by atomic mass is 35.5. The summed E-state index contributed by atoms with van der Waals surface area (Å²) >= 11 is 5.97. The van der Waals surface area contributed by atoms with Crippen LogP contribution in [0.25, 0.3) is 11.2 Å². The predicted molar refractivity (Wildman–Crippen MR) is 79.5 cm³/mol. The van der Waals surface area contributed by atoms with Crippen LogP contribution in [-0.4, -0.2) is 39.1 Å². The van der Waals surface area contributed by atoms with Crippen LogP contribution in [0.1, 0.15) is 26.1 Å². The summed E-state index contributed by atoms with van der Waals surface area (Å²) in [6.45, 7) is 6.38. The van der Waals surface area contributed by atoms with Gasteiger partial charge >= 0.3 is 0 Å². The van der Waals surface area contributed by atoms with Gasteiger partial charge < -0.3 is 9.47 Å². The van der Waals surface area contributed by atoms with Crippen LogP contribution in [0, 0.1) is 0 Å². The molecular weight excluding hydrogens is 260 g/mol. The van der Waals surface area contributed by atoms with E-state index in [2.05, 4.69) is 40.3 Å². The van der Waals surface area contributed by atoms with Gasteiger partial charge in [0.25, 0.3) is 0 Å². The fourth-order valence-corrected chi connectivity index (χ4v) is 2.28. The average Bonchev–Trinajstić information content (AvgIpc) is 2.76. The monoisotopic (exact) mass is 280 g/mol. The number of hydrogen-bond donors (Lipinski definition) is 0. The Bertz CT molecular complexity index is 535. The summed E-state index contributed by atoms with van der Waals surface area (Å²) in [7, 11) is 2.15. The molecule has 19 heavy (non-hydrogen) atoms. The zero-order valence-electron chi connectivity index (χ0n) is 11.8. The fourth-order valence-electron chi connectivity index (χ4n) is 2.08. The molecule has 0 saturated carbocycles. The van der Waals surface area contributed by atoms with Crippen molar-refractivity contribution in [2.24, 2.45) is 0 Å². The van der Waals surface area contributed by atoms with E-state index in [-0.39, 0.29) is 0 Å². The molecule has 2 rings (SSSR count). The van der Waals surface area contributed by atoms with E-state index in [0.29, 0.717) is 11.9 Å². The van der Waals surface area contributed by atoms with Crippen LogP contribution in [0.3, 0.4) is 0 Å². The van der Waals surface area contributed by atoms with Crippen molar-refractivity contribution in [2.45, 2.75) is 38.7 Å². The number of rotatable bonds is 6. The predicted octanol–water partition coefficient (Wildman–Crippen LogP) is 2.90. The first kappa shape index (κ1) is 14.3. The molecule has 0 aliphatic carbocycles. The lowest BCUT2D eigenvalue weighted by Crippen LogP contribution is -2.28. The molecule has 0 fully saturated rings. The smallest absolute Gasteiger partial charge is 0.160 e. The average molecular weight is 281 g/mol. The van der Waals surface area contributed by atoms with E-state index in [1.807, 2.05) is 12.1 Å². The van der Waals surface area contributed by atoms with Crippen LogP contribution in [0.15, 0.2) is 18.3 Å². The molecular formula is C14H21ClN4. The van der Waals surface area contributed by atoms with Gasteiger partial charge in [-0.3, -0.25) is 0 Å². The van der Waals surface area contributed by atoms with E-state index in [0.717, 1.165) is 36.5 Å². The molecule has 0 aromatic carbocycles. The van der Waals surface area contributed by atoms with Gasteiger partial charge in [0.1, 0.15) is 11.3 Å². The Hall–Kier alpha value is -1.13. The lowest BCUT2D eigenvalue weighted by molar-refractivity contribution is 0.265. The number of hydrogen-bond acceptors (Lipinski definition) is 3. The summed E-state index contributed by atoms with van der Waals surface area (Å²) in [5, 5.41) is 0. The molecule has 4 nitrogen and oxygen atoms in total. The highest BCUT2D eigenvalue weighted by molar-refractivity contribution is 6.16. The quantitative estimate of drug-likeness (QED) is 0.763. The van der Waals surface area contributed by atoms with Gasteiger partial charge in [-0.25, -0.2) is 9.97 Å². The minimum Gasteiger partial charge on any atom is -0.312 e. The summed E-state index contributed by atoms with van der Waals surface area (Å²) in [5.74, 6) is 1.33. The Morgan fingerprint density at radius 2 is 2.21 bits per heavy atom. The maximum absolute atomic E-state index is 5.97. The highest BCUT2D eigenvalue weighted by Gasteiger charge is 2.11. The largest absolute Gasteiger partial charge is 0.312 e. The molecule has 2 heterocycles. The second-order valence-corrected chi connectivity index (χ2v) is 5.35. The Morgan fingerprint density at radius 1 is 1.42 bits per heavy atom. The van der Waals surface area contributed by atoms with Crippen molar-refractivity contribution in [3.63, 3.8) is 0 Å². The SMILES string of the molecule is CC(C)N(C)CCCn1c(CCl)nc2cccnc21. The molecule has 0 amide bonds. The van der Waals surface area contributed by atoms with Gasteiger partial charge in [-0.05, 0) is 46.0 Å².